The maximum Gasteiger partial charge on any atom is 0.251 e. The molecule has 0 fully saturated rings. The molecule has 0 aliphatic rings. The molecule has 21 heavy (non-hydrogen) atoms. The molecular formula is C15H13BrF2N2O. The van der Waals surface area contributed by atoms with Crippen LogP contribution in [0.3, 0.4) is 0 Å². The minimum Gasteiger partial charge on any atom is -0.378 e. The highest BCUT2D eigenvalue weighted by molar-refractivity contribution is 9.10. The van der Waals surface area contributed by atoms with E-state index in [9.17, 15) is 13.6 Å². The number of amides is 1. The first-order chi connectivity index (χ1) is 9.88. The Morgan fingerprint density at radius 1 is 1.19 bits per heavy atom. The average Bonchev–Trinajstić information content (AvgIpc) is 2.43. The summed E-state index contributed by atoms with van der Waals surface area (Å²) in [7, 11) is 0. The van der Waals surface area contributed by atoms with Gasteiger partial charge in [0.05, 0.1) is 10.0 Å². The molecule has 0 bridgehead atoms. The number of carbonyl (C=O) groups excluding carboxylic acids is 1. The Bertz CT molecular complexity index is 691. The third-order valence-electron chi connectivity index (χ3n) is 3.06. The number of halogens is 3. The molecule has 3 N–H and O–H groups in total. The van der Waals surface area contributed by atoms with Crippen LogP contribution in [0.1, 0.15) is 28.9 Å². The van der Waals surface area contributed by atoms with Crippen molar-refractivity contribution in [1.29, 1.82) is 0 Å². The summed E-state index contributed by atoms with van der Waals surface area (Å²) in [4.78, 5) is 11.1. The van der Waals surface area contributed by atoms with Crippen LogP contribution in [0.2, 0.25) is 0 Å². The van der Waals surface area contributed by atoms with E-state index in [4.69, 9.17) is 5.73 Å². The van der Waals surface area contributed by atoms with Crippen molar-refractivity contribution in [2.75, 3.05) is 5.32 Å². The van der Waals surface area contributed by atoms with Crippen LogP contribution in [-0.2, 0) is 0 Å². The van der Waals surface area contributed by atoms with Gasteiger partial charge >= 0.3 is 0 Å². The van der Waals surface area contributed by atoms with Gasteiger partial charge in [0.1, 0.15) is 11.6 Å². The predicted molar refractivity (Wildman–Crippen MR) is 81.1 cm³/mol. The van der Waals surface area contributed by atoms with Gasteiger partial charge in [-0.15, -0.1) is 0 Å². The molecule has 0 aromatic heterocycles. The van der Waals surface area contributed by atoms with Gasteiger partial charge in [-0.2, -0.15) is 0 Å². The van der Waals surface area contributed by atoms with Crippen molar-refractivity contribution >= 4 is 27.5 Å². The minimum absolute atomic E-state index is 0.159. The maximum atomic E-state index is 13.4. The number of hydrogen-bond donors (Lipinski definition) is 2. The molecule has 0 saturated heterocycles. The lowest BCUT2D eigenvalue weighted by Crippen LogP contribution is -2.14. The van der Waals surface area contributed by atoms with Crippen molar-refractivity contribution in [3.05, 3.63) is 63.6 Å². The van der Waals surface area contributed by atoms with Crippen LogP contribution in [0.4, 0.5) is 14.5 Å². The molecule has 1 amide bonds. The molecule has 2 aromatic rings. The Morgan fingerprint density at radius 2 is 1.86 bits per heavy atom. The molecular weight excluding hydrogens is 342 g/mol. The van der Waals surface area contributed by atoms with Crippen molar-refractivity contribution in [2.24, 2.45) is 5.73 Å². The molecule has 2 rings (SSSR count). The van der Waals surface area contributed by atoms with Crippen molar-refractivity contribution in [1.82, 2.24) is 0 Å². The molecule has 0 aliphatic heterocycles. The van der Waals surface area contributed by atoms with Crippen LogP contribution in [0.25, 0.3) is 0 Å². The second-order valence-electron chi connectivity index (χ2n) is 4.60. The van der Waals surface area contributed by atoms with E-state index in [1.54, 1.807) is 12.1 Å². The maximum absolute atomic E-state index is 13.4. The normalized spacial score (nSPS) is 12.0. The van der Waals surface area contributed by atoms with Gasteiger partial charge < -0.3 is 11.1 Å². The van der Waals surface area contributed by atoms with Gasteiger partial charge in [-0.05, 0) is 58.7 Å². The molecule has 1 atom stereocenters. The average molecular weight is 355 g/mol. The summed E-state index contributed by atoms with van der Waals surface area (Å²) in [6.45, 7) is 1.87. The van der Waals surface area contributed by atoms with Crippen molar-refractivity contribution < 1.29 is 13.6 Å². The fraction of sp³-hybridized carbons (Fsp3) is 0.133. The number of nitrogens with one attached hydrogen (secondary N) is 1. The highest BCUT2D eigenvalue weighted by Gasteiger charge is 2.12. The van der Waals surface area contributed by atoms with Crippen molar-refractivity contribution in [2.45, 2.75) is 13.0 Å². The molecule has 0 saturated carbocycles. The van der Waals surface area contributed by atoms with Gasteiger partial charge in [0, 0.05) is 11.7 Å². The second kappa shape index (κ2) is 6.22. The van der Waals surface area contributed by atoms with Crippen molar-refractivity contribution in [3.8, 4) is 0 Å². The van der Waals surface area contributed by atoms with Gasteiger partial charge in [0.15, 0.2) is 0 Å². The van der Waals surface area contributed by atoms with Gasteiger partial charge in [-0.25, -0.2) is 8.78 Å². The monoisotopic (exact) mass is 354 g/mol. The summed E-state index contributed by atoms with van der Waals surface area (Å²) in [5.41, 5.74) is 6.33. The zero-order valence-corrected chi connectivity index (χ0v) is 12.7. The fourth-order valence-electron chi connectivity index (χ4n) is 1.92. The lowest BCUT2D eigenvalue weighted by atomic mass is 10.1. The van der Waals surface area contributed by atoms with Gasteiger partial charge in [0.2, 0.25) is 0 Å². The molecule has 0 heterocycles. The van der Waals surface area contributed by atoms with Crippen LogP contribution in [0, 0.1) is 11.6 Å². The summed E-state index contributed by atoms with van der Waals surface area (Å²) in [6, 6.07) is 8.55. The second-order valence-corrected chi connectivity index (χ2v) is 5.45. The predicted octanol–water partition coefficient (Wildman–Crippen LogP) is 4.00. The molecule has 0 aliphatic carbocycles. The van der Waals surface area contributed by atoms with Gasteiger partial charge in [-0.3, -0.25) is 4.79 Å². The fourth-order valence-corrected chi connectivity index (χ4v) is 2.32. The SMILES string of the molecule is CC(Nc1ccc(F)c(C(N)=O)c1)c1ccc(F)c(Br)c1. The number of primary amides is 1. The Kier molecular flexibility index (Phi) is 4.57. The first-order valence-electron chi connectivity index (χ1n) is 6.19. The summed E-state index contributed by atoms with van der Waals surface area (Å²) in [5.74, 6) is -1.83. The lowest BCUT2D eigenvalue weighted by Gasteiger charge is -2.17. The number of carbonyl (C=O) groups is 1. The van der Waals surface area contributed by atoms with E-state index in [-0.39, 0.29) is 17.4 Å². The molecule has 0 spiro atoms. The Hall–Kier alpha value is -1.95. The summed E-state index contributed by atoms with van der Waals surface area (Å²) >= 11 is 3.13. The Balaban J connectivity index is 2.23. The molecule has 110 valence electrons. The topological polar surface area (TPSA) is 55.1 Å². The van der Waals surface area contributed by atoms with E-state index >= 15 is 0 Å². The molecule has 1 unspecified atom stereocenters. The lowest BCUT2D eigenvalue weighted by molar-refractivity contribution is 0.0996. The number of nitrogens with two attached hydrogens (primary N) is 1. The number of benzene rings is 2. The number of anilines is 1. The Morgan fingerprint density at radius 3 is 2.48 bits per heavy atom. The van der Waals surface area contributed by atoms with Crippen LogP contribution in [-0.4, -0.2) is 5.91 Å². The standard InChI is InChI=1S/C15H13BrF2N2O/c1-8(9-2-4-14(18)12(16)6-9)20-10-3-5-13(17)11(7-10)15(19)21/h2-8,20H,1H3,(H2,19,21). The number of hydrogen-bond acceptors (Lipinski definition) is 2. The molecule has 0 radical (unpaired) electrons. The van der Waals surface area contributed by atoms with E-state index in [1.807, 2.05) is 6.92 Å². The largest absolute Gasteiger partial charge is 0.378 e. The summed E-state index contributed by atoms with van der Waals surface area (Å²) in [5, 5.41) is 3.11. The van der Waals surface area contributed by atoms with Gasteiger partial charge in [-0.1, -0.05) is 6.07 Å². The van der Waals surface area contributed by atoms with Crippen molar-refractivity contribution in [3.63, 3.8) is 0 Å². The van der Waals surface area contributed by atoms with E-state index in [1.165, 1.54) is 24.3 Å². The van der Waals surface area contributed by atoms with E-state index in [0.717, 1.165) is 5.56 Å². The highest BCUT2D eigenvalue weighted by Crippen LogP contribution is 2.25. The highest BCUT2D eigenvalue weighted by atomic mass is 79.9. The zero-order chi connectivity index (χ0) is 15.6. The van der Waals surface area contributed by atoms with E-state index in [0.29, 0.717) is 10.2 Å². The third-order valence-corrected chi connectivity index (χ3v) is 3.67. The summed E-state index contributed by atoms with van der Waals surface area (Å²) in [6.07, 6.45) is 0. The Labute approximate surface area is 129 Å². The first-order valence-corrected chi connectivity index (χ1v) is 6.98. The molecule has 6 heteroatoms. The van der Waals surface area contributed by atoms with Crippen LogP contribution in [0.5, 0.6) is 0 Å². The first kappa shape index (κ1) is 15.4. The quantitative estimate of drug-likeness (QED) is 0.871. The van der Waals surface area contributed by atoms with Crippen LogP contribution >= 0.6 is 15.9 Å². The van der Waals surface area contributed by atoms with Gasteiger partial charge in [0.25, 0.3) is 5.91 Å². The third kappa shape index (κ3) is 3.58. The number of rotatable bonds is 4. The molecule has 3 nitrogen and oxygen atoms in total. The molecule has 2 aromatic carbocycles. The summed E-state index contributed by atoms with van der Waals surface area (Å²) < 4.78 is 27.0. The van der Waals surface area contributed by atoms with E-state index in [2.05, 4.69) is 21.2 Å². The van der Waals surface area contributed by atoms with E-state index < -0.39 is 11.7 Å². The van der Waals surface area contributed by atoms with Crippen LogP contribution in [0.15, 0.2) is 40.9 Å². The minimum atomic E-state index is -0.826. The zero-order valence-electron chi connectivity index (χ0n) is 11.2. The van der Waals surface area contributed by atoms with Crippen LogP contribution < -0.4 is 11.1 Å². The smallest absolute Gasteiger partial charge is 0.251 e.